The topological polar surface area (TPSA) is 75.5 Å². The zero-order chi connectivity index (χ0) is 23.1. The zero-order valence-corrected chi connectivity index (χ0v) is 18.9. The van der Waals surface area contributed by atoms with Crippen molar-refractivity contribution in [1.82, 2.24) is 0 Å². The van der Waals surface area contributed by atoms with Gasteiger partial charge in [-0.05, 0) is 54.3 Å². The zero-order valence-electron chi connectivity index (χ0n) is 18.2. The number of nitrogens with zero attached hydrogens (tertiary/aromatic N) is 2. The standard InChI is InChI=1S/C25H26ClN3O3/c1-3-15-28(16-4-2)21-11-7-19(8-12-21)18-5-9-20(10-6-18)27-25(30)23-17-22(29(31)32)13-14-24(23)26/h5-14,17H,3-4,15-16H2,1-2H3,(H,27,30). The van der Waals surface area contributed by atoms with Gasteiger partial charge in [-0.3, -0.25) is 14.9 Å². The highest BCUT2D eigenvalue weighted by molar-refractivity contribution is 6.34. The molecule has 3 aromatic carbocycles. The predicted molar refractivity (Wildman–Crippen MR) is 131 cm³/mol. The molecule has 0 aliphatic heterocycles. The monoisotopic (exact) mass is 451 g/mol. The lowest BCUT2D eigenvalue weighted by molar-refractivity contribution is -0.384. The Morgan fingerprint density at radius 3 is 2.03 bits per heavy atom. The summed E-state index contributed by atoms with van der Waals surface area (Å²) in [5.74, 6) is -0.497. The van der Waals surface area contributed by atoms with E-state index in [-0.39, 0.29) is 16.3 Å². The molecule has 0 unspecified atom stereocenters. The highest BCUT2D eigenvalue weighted by atomic mass is 35.5. The van der Waals surface area contributed by atoms with E-state index in [4.69, 9.17) is 11.6 Å². The van der Waals surface area contributed by atoms with Crippen LogP contribution >= 0.6 is 11.6 Å². The maximum atomic E-state index is 12.5. The molecule has 3 aromatic rings. The van der Waals surface area contributed by atoms with Gasteiger partial charge in [-0.1, -0.05) is 49.7 Å². The van der Waals surface area contributed by atoms with Gasteiger partial charge in [-0.2, -0.15) is 0 Å². The quantitative estimate of drug-likeness (QED) is 0.287. The molecule has 0 spiro atoms. The van der Waals surface area contributed by atoms with E-state index < -0.39 is 10.8 Å². The van der Waals surface area contributed by atoms with Crippen molar-refractivity contribution in [3.63, 3.8) is 0 Å². The number of benzene rings is 3. The Hall–Kier alpha value is -3.38. The number of carbonyl (C=O) groups is 1. The van der Waals surface area contributed by atoms with Gasteiger partial charge in [0, 0.05) is 36.6 Å². The lowest BCUT2D eigenvalue weighted by atomic mass is 10.0. The van der Waals surface area contributed by atoms with Gasteiger partial charge in [0.25, 0.3) is 11.6 Å². The van der Waals surface area contributed by atoms with Crippen LogP contribution in [0.3, 0.4) is 0 Å². The molecule has 0 atom stereocenters. The predicted octanol–water partition coefficient (Wildman–Crippen LogP) is 6.79. The summed E-state index contributed by atoms with van der Waals surface area (Å²) < 4.78 is 0. The Balaban J connectivity index is 1.72. The highest BCUT2D eigenvalue weighted by Gasteiger charge is 2.16. The summed E-state index contributed by atoms with van der Waals surface area (Å²) in [5, 5.41) is 13.9. The summed E-state index contributed by atoms with van der Waals surface area (Å²) in [5.41, 5.74) is 3.78. The SMILES string of the molecule is CCCN(CCC)c1ccc(-c2ccc(NC(=O)c3cc([N+](=O)[O-])ccc3Cl)cc2)cc1. The Morgan fingerprint density at radius 2 is 1.50 bits per heavy atom. The Bertz CT molecular complexity index is 1080. The van der Waals surface area contributed by atoms with E-state index in [0.717, 1.165) is 37.1 Å². The number of anilines is 2. The molecule has 32 heavy (non-hydrogen) atoms. The van der Waals surface area contributed by atoms with E-state index in [1.165, 1.54) is 23.9 Å². The maximum Gasteiger partial charge on any atom is 0.270 e. The Morgan fingerprint density at radius 1 is 0.938 bits per heavy atom. The third-order valence-corrected chi connectivity index (χ3v) is 5.43. The second-order valence-electron chi connectivity index (χ2n) is 7.49. The van der Waals surface area contributed by atoms with Gasteiger partial charge in [-0.25, -0.2) is 0 Å². The summed E-state index contributed by atoms with van der Waals surface area (Å²) in [7, 11) is 0. The van der Waals surface area contributed by atoms with Crippen LogP contribution in [-0.2, 0) is 0 Å². The number of nitrogens with one attached hydrogen (secondary N) is 1. The number of nitro groups is 1. The molecule has 1 N–H and O–H groups in total. The van der Waals surface area contributed by atoms with Crippen LogP contribution in [-0.4, -0.2) is 23.9 Å². The molecule has 7 heteroatoms. The lowest BCUT2D eigenvalue weighted by Crippen LogP contribution is -2.24. The summed E-state index contributed by atoms with van der Waals surface area (Å²) in [4.78, 5) is 25.4. The highest BCUT2D eigenvalue weighted by Crippen LogP contribution is 2.26. The second-order valence-corrected chi connectivity index (χ2v) is 7.89. The van der Waals surface area contributed by atoms with E-state index >= 15 is 0 Å². The molecule has 0 saturated heterocycles. The number of hydrogen-bond acceptors (Lipinski definition) is 4. The summed E-state index contributed by atoms with van der Waals surface area (Å²) in [6, 6.07) is 19.7. The van der Waals surface area contributed by atoms with Crippen molar-refractivity contribution >= 4 is 34.6 Å². The smallest absolute Gasteiger partial charge is 0.270 e. The molecule has 0 fully saturated rings. The second kappa shape index (κ2) is 10.8. The van der Waals surface area contributed by atoms with Crippen molar-refractivity contribution in [3.05, 3.63) is 87.4 Å². The van der Waals surface area contributed by atoms with Crippen LogP contribution in [0.4, 0.5) is 17.1 Å². The molecule has 3 rings (SSSR count). The van der Waals surface area contributed by atoms with Crippen LogP contribution < -0.4 is 10.2 Å². The molecule has 0 aliphatic carbocycles. The van der Waals surface area contributed by atoms with Crippen LogP contribution in [0.2, 0.25) is 5.02 Å². The number of nitro benzene ring substituents is 1. The summed E-state index contributed by atoms with van der Waals surface area (Å²) in [6.45, 7) is 6.45. The van der Waals surface area contributed by atoms with Crippen molar-refractivity contribution in [2.24, 2.45) is 0 Å². The number of rotatable bonds is 9. The van der Waals surface area contributed by atoms with Crippen LogP contribution in [0.25, 0.3) is 11.1 Å². The van der Waals surface area contributed by atoms with E-state index in [0.29, 0.717) is 5.69 Å². The number of amides is 1. The minimum absolute atomic E-state index is 0.0595. The average molecular weight is 452 g/mol. The third kappa shape index (κ3) is 5.65. The molecule has 0 bridgehead atoms. The first-order valence-corrected chi connectivity index (χ1v) is 11.0. The van der Waals surface area contributed by atoms with Crippen LogP contribution in [0.5, 0.6) is 0 Å². The lowest BCUT2D eigenvalue weighted by Gasteiger charge is -2.24. The van der Waals surface area contributed by atoms with Gasteiger partial charge in [0.1, 0.15) is 0 Å². The summed E-state index contributed by atoms with van der Waals surface area (Å²) >= 11 is 6.05. The molecule has 0 aliphatic rings. The molecule has 0 radical (unpaired) electrons. The fraction of sp³-hybridized carbons (Fsp3) is 0.240. The molecule has 1 amide bonds. The van der Waals surface area contributed by atoms with Gasteiger partial charge in [-0.15, -0.1) is 0 Å². The van der Waals surface area contributed by atoms with Crippen LogP contribution in [0.15, 0.2) is 66.7 Å². The van der Waals surface area contributed by atoms with Crippen LogP contribution in [0.1, 0.15) is 37.0 Å². The van der Waals surface area contributed by atoms with Crippen LogP contribution in [0, 0.1) is 10.1 Å². The molecular weight excluding hydrogens is 426 g/mol. The molecule has 0 saturated carbocycles. The Labute approximate surface area is 193 Å². The van der Waals surface area contributed by atoms with E-state index in [1.54, 1.807) is 12.1 Å². The van der Waals surface area contributed by atoms with E-state index in [9.17, 15) is 14.9 Å². The molecular formula is C25H26ClN3O3. The van der Waals surface area contributed by atoms with Crippen molar-refractivity contribution in [2.45, 2.75) is 26.7 Å². The third-order valence-electron chi connectivity index (χ3n) is 5.10. The van der Waals surface area contributed by atoms with Crippen molar-refractivity contribution in [3.8, 4) is 11.1 Å². The largest absolute Gasteiger partial charge is 0.372 e. The van der Waals surface area contributed by atoms with Crippen molar-refractivity contribution < 1.29 is 9.72 Å². The van der Waals surface area contributed by atoms with Gasteiger partial charge in [0.2, 0.25) is 0 Å². The van der Waals surface area contributed by atoms with Crippen molar-refractivity contribution in [2.75, 3.05) is 23.3 Å². The number of carbonyl (C=O) groups excluding carboxylic acids is 1. The number of halogens is 1. The van der Waals surface area contributed by atoms with Gasteiger partial charge in [0.15, 0.2) is 0 Å². The normalized spacial score (nSPS) is 10.6. The summed E-state index contributed by atoms with van der Waals surface area (Å²) in [6.07, 6.45) is 2.22. The first kappa shape index (κ1) is 23.3. The molecule has 0 heterocycles. The van der Waals surface area contributed by atoms with Crippen molar-refractivity contribution in [1.29, 1.82) is 0 Å². The Kier molecular flexibility index (Phi) is 7.84. The minimum atomic E-state index is -0.559. The van der Waals surface area contributed by atoms with Gasteiger partial charge >= 0.3 is 0 Å². The fourth-order valence-corrected chi connectivity index (χ4v) is 3.72. The molecule has 166 valence electrons. The number of hydrogen-bond donors (Lipinski definition) is 1. The first-order chi connectivity index (χ1) is 15.4. The van der Waals surface area contributed by atoms with E-state index in [2.05, 4.69) is 48.3 Å². The molecule has 0 aromatic heterocycles. The number of non-ortho nitro benzene ring substituents is 1. The maximum absolute atomic E-state index is 12.5. The minimum Gasteiger partial charge on any atom is -0.372 e. The van der Waals surface area contributed by atoms with Gasteiger partial charge in [0.05, 0.1) is 15.5 Å². The molecule has 6 nitrogen and oxygen atoms in total. The first-order valence-electron chi connectivity index (χ1n) is 10.6. The average Bonchev–Trinajstić information content (AvgIpc) is 2.79. The fourth-order valence-electron chi connectivity index (χ4n) is 3.52. The van der Waals surface area contributed by atoms with E-state index in [1.807, 2.05) is 12.1 Å². The van der Waals surface area contributed by atoms with Gasteiger partial charge < -0.3 is 10.2 Å².